The van der Waals surface area contributed by atoms with Gasteiger partial charge in [-0.15, -0.1) is 11.3 Å². The minimum Gasteiger partial charge on any atom is -0.477 e. The average molecular weight is 420 g/mol. The van der Waals surface area contributed by atoms with Crippen molar-refractivity contribution < 1.29 is 23.5 Å². The third-order valence-electron chi connectivity index (χ3n) is 4.57. The molecular weight excluding hydrogens is 408 g/mol. The molecule has 1 aliphatic heterocycles. The largest absolute Gasteiger partial charge is 0.477 e. The molecule has 2 N–H and O–H groups in total. The summed E-state index contributed by atoms with van der Waals surface area (Å²) < 4.78 is 27.8. The van der Waals surface area contributed by atoms with Crippen LogP contribution in [0.1, 0.15) is 32.5 Å². The van der Waals surface area contributed by atoms with E-state index in [9.17, 15) is 23.5 Å². The maximum Gasteiger partial charge on any atom is 0.346 e. The third-order valence-corrected chi connectivity index (χ3v) is 6.09. The van der Waals surface area contributed by atoms with Crippen LogP contribution in [-0.4, -0.2) is 17.0 Å². The SMILES string of the molecule is O=C1C[C@H](c2cc(Cl)ccc2F)c2sc(C(=O)O)c(-c3ccc(F)cc3)c2N1. The van der Waals surface area contributed by atoms with Gasteiger partial charge in [-0.05, 0) is 41.5 Å². The first-order valence-electron chi connectivity index (χ1n) is 8.26. The maximum absolute atomic E-state index is 14.5. The number of fused-ring (bicyclic) bond motifs is 1. The lowest BCUT2D eigenvalue weighted by atomic mass is 9.88. The highest BCUT2D eigenvalue weighted by atomic mass is 35.5. The molecule has 0 spiro atoms. The summed E-state index contributed by atoms with van der Waals surface area (Å²) in [5.74, 6) is -3.20. The maximum atomic E-state index is 14.5. The Bertz CT molecular complexity index is 1110. The van der Waals surface area contributed by atoms with E-state index in [1.54, 1.807) is 0 Å². The molecule has 1 aromatic heterocycles. The van der Waals surface area contributed by atoms with Crippen LogP contribution in [0.2, 0.25) is 5.02 Å². The van der Waals surface area contributed by atoms with Crippen molar-refractivity contribution in [3.63, 3.8) is 0 Å². The number of halogens is 3. The highest BCUT2D eigenvalue weighted by Crippen LogP contribution is 2.50. The number of hydrogen-bond donors (Lipinski definition) is 2. The Morgan fingerprint density at radius 1 is 1.18 bits per heavy atom. The Labute approximate surface area is 167 Å². The molecule has 0 fully saturated rings. The molecule has 0 unspecified atom stereocenters. The molecule has 8 heteroatoms. The lowest BCUT2D eigenvalue weighted by Crippen LogP contribution is -2.23. The van der Waals surface area contributed by atoms with Crippen LogP contribution in [0.5, 0.6) is 0 Å². The molecule has 4 rings (SSSR count). The quantitative estimate of drug-likeness (QED) is 0.587. The lowest BCUT2D eigenvalue weighted by molar-refractivity contribution is -0.116. The molecule has 142 valence electrons. The van der Waals surface area contributed by atoms with Gasteiger partial charge in [-0.2, -0.15) is 0 Å². The Morgan fingerprint density at radius 3 is 2.57 bits per heavy atom. The fraction of sp³-hybridized carbons (Fsp3) is 0.100. The monoisotopic (exact) mass is 419 g/mol. The minimum absolute atomic E-state index is 0.00811. The molecule has 4 nitrogen and oxygen atoms in total. The number of carboxylic acids is 1. The number of carbonyl (C=O) groups is 2. The number of rotatable bonds is 3. The summed E-state index contributed by atoms with van der Waals surface area (Å²) in [4.78, 5) is 24.7. The second-order valence-electron chi connectivity index (χ2n) is 6.33. The molecule has 0 saturated heterocycles. The van der Waals surface area contributed by atoms with Crippen molar-refractivity contribution in [2.75, 3.05) is 5.32 Å². The van der Waals surface area contributed by atoms with Crippen molar-refractivity contribution in [1.29, 1.82) is 0 Å². The minimum atomic E-state index is -1.18. The number of aromatic carboxylic acids is 1. The molecule has 2 heterocycles. The molecule has 0 radical (unpaired) electrons. The predicted molar refractivity (Wildman–Crippen MR) is 103 cm³/mol. The number of thiophene rings is 1. The van der Waals surface area contributed by atoms with Crippen molar-refractivity contribution in [2.45, 2.75) is 12.3 Å². The molecule has 0 saturated carbocycles. The first-order chi connectivity index (χ1) is 13.3. The number of hydrogen-bond acceptors (Lipinski definition) is 3. The summed E-state index contributed by atoms with van der Waals surface area (Å²) in [6, 6.07) is 9.39. The lowest BCUT2D eigenvalue weighted by Gasteiger charge is -2.24. The van der Waals surface area contributed by atoms with E-state index >= 15 is 0 Å². The van der Waals surface area contributed by atoms with Crippen LogP contribution in [0, 0.1) is 11.6 Å². The molecule has 0 aliphatic carbocycles. The third kappa shape index (κ3) is 3.16. The molecule has 3 aromatic rings. The van der Waals surface area contributed by atoms with Crippen LogP contribution in [-0.2, 0) is 4.79 Å². The van der Waals surface area contributed by atoms with Crippen LogP contribution in [0.3, 0.4) is 0 Å². The van der Waals surface area contributed by atoms with Crippen molar-refractivity contribution >= 4 is 40.5 Å². The van der Waals surface area contributed by atoms with E-state index in [-0.39, 0.29) is 28.3 Å². The van der Waals surface area contributed by atoms with E-state index in [2.05, 4.69) is 5.32 Å². The van der Waals surface area contributed by atoms with Crippen LogP contribution in [0.25, 0.3) is 11.1 Å². The number of benzene rings is 2. The highest BCUT2D eigenvalue weighted by molar-refractivity contribution is 7.15. The smallest absolute Gasteiger partial charge is 0.346 e. The van der Waals surface area contributed by atoms with Crippen molar-refractivity contribution in [3.05, 3.63) is 74.4 Å². The zero-order chi connectivity index (χ0) is 20.0. The Hall–Kier alpha value is -2.77. The Kier molecular flexibility index (Phi) is 4.64. The van der Waals surface area contributed by atoms with Gasteiger partial charge in [0, 0.05) is 27.8 Å². The zero-order valence-corrected chi connectivity index (χ0v) is 15.7. The second-order valence-corrected chi connectivity index (χ2v) is 7.82. The first-order valence-corrected chi connectivity index (χ1v) is 9.45. The van der Waals surface area contributed by atoms with Gasteiger partial charge in [0.1, 0.15) is 16.5 Å². The van der Waals surface area contributed by atoms with E-state index in [1.807, 2.05) is 0 Å². The van der Waals surface area contributed by atoms with Gasteiger partial charge in [0.25, 0.3) is 0 Å². The van der Waals surface area contributed by atoms with E-state index in [0.717, 1.165) is 11.3 Å². The fourth-order valence-electron chi connectivity index (χ4n) is 3.36. The van der Waals surface area contributed by atoms with Crippen molar-refractivity contribution in [2.24, 2.45) is 0 Å². The van der Waals surface area contributed by atoms with Gasteiger partial charge in [-0.25, -0.2) is 13.6 Å². The second kappa shape index (κ2) is 7.00. The van der Waals surface area contributed by atoms with E-state index in [1.165, 1.54) is 42.5 Å². The van der Waals surface area contributed by atoms with Gasteiger partial charge in [0.15, 0.2) is 0 Å². The van der Waals surface area contributed by atoms with Crippen LogP contribution in [0.4, 0.5) is 14.5 Å². The number of amides is 1. The van der Waals surface area contributed by atoms with Gasteiger partial charge in [-0.3, -0.25) is 4.79 Å². The van der Waals surface area contributed by atoms with Gasteiger partial charge < -0.3 is 10.4 Å². The summed E-state index contributed by atoms with van der Waals surface area (Å²) in [6.07, 6.45) is -0.0350. The van der Waals surface area contributed by atoms with E-state index < -0.39 is 23.5 Å². The van der Waals surface area contributed by atoms with E-state index in [0.29, 0.717) is 21.2 Å². The molecule has 1 amide bonds. The number of anilines is 1. The average Bonchev–Trinajstić information content (AvgIpc) is 3.03. The highest BCUT2D eigenvalue weighted by Gasteiger charge is 2.35. The number of carbonyl (C=O) groups excluding carboxylic acids is 1. The fourth-order valence-corrected chi connectivity index (χ4v) is 4.78. The standard InChI is InChI=1S/C20H12ClF2NO3S/c21-10-3-6-14(23)12(7-10)13-8-15(25)24-17-16(9-1-4-11(22)5-2-9)19(20(26)27)28-18(13)17/h1-7,13H,8H2,(H,24,25)(H,26,27)/t13-/m1/s1. The summed E-state index contributed by atoms with van der Waals surface area (Å²) >= 11 is 6.97. The van der Waals surface area contributed by atoms with Crippen LogP contribution < -0.4 is 5.32 Å². The number of nitrogens with one attached hydrogen (secondary N) is 1. The Balaban J connectivity index is 1.96. The Morgan fingerprint density at radius 2 is 1.89 bits per heavy atom. The summed E-state index contributed by atoms with van der Waals surface area (Å²) in [5.41, 5.74) is 1.28. The topological polar surface area (TPSA) is 66.4 Å². The summed E-state index contributed by atoms with van der Waals surface area (Å²) in [6.45, 7) is 0. The van der Waals surface area contributed by atoms with Gasteiger partial charge in [-0.1, -0.05) is 23.7 Å². The summed E-state index contributed by atoms with van der Waals surface area (Å²) in [7, 11) is 0. The van der Waals surface area contributed by atoms with Crippen molar-refractivity contribution in [3.8, 4) is 11.1 Å². The van der Waals surface area contributed by atoms with Gasteiger partial charge in [0.05, 0.1) is 5.69 Å². The van der Waals surface area contributed by atoms with Crippen LogP contribution >= 0.6 is 22.9 Å². The zero-order valence-electron chi connectivity index (χ0n) is 14.1. The molecule has 2 aromatic carbocycles. The normalized spacial score (nSPS) is 15.8. The molecule has 28 heavy (non-hydrogen) atoms. The predicted octanol–water partition coefficient (Wildman–Crippen LogP) is 5.52. The van der Waals surface area contributed by atoms with E-state index in [4.69, 9.17) is 11.6 Å². The first kappa shape index (κ1) is 18.6. The van der Waals surface area contributed by atoms with Crippen molar-refractivity contribution in [1.82, 2.24) is 0 Å². The molecule has 1 atom stereocenters. The van der Waals surface area contributed by atoms with Gasteiger partial charge in [0.2, 0.25) is 5.91 Å². The van der Waals surface area contributed by atoms with Gasteiger partial charge >= 0.3 is 5.97 Å². The molecular formula is C20H12ClF2NO3S. The van der Waals surface area contributed by atoms with Crippen LogP contribution in [0.15, 0.2) is 42.5 Å². The molecule has 1 aliphatic rings. The number of carboxylic acid groups (broad SMARTS) is 1. The molecule has 0 bridgehead atoms. The summed E-state index contributed by atoms with van der Waals surface area (Å²) in [5, 5.41) is 12.7.